The second-order valence-corrected chi connectivity index (χ2v) is 7.79. The van der Waals surface area contributed by atoms with Crippen LogP contribution in [0.3, 0.4) is 0 Å². The molecular weight excluding hydrogens is 312 g/mol. The lowest BCUT2D eigenvalue weighted by Crippen LogP contribution is -2.47. The molecule has 1 saturated heterocycles. The van der Waals surface area contributed by atoms with E-state index in [0.717, 1.165) is 13.1 Å². The summed E-state index contributed by atoms with van der Waals surface area (Å²) in [6.07, 6.45) is 1.27. The van der Waals surface area contributed by atoms with Crippen molar-refractivity contribution in [3.05, 3.63) is 34.9 Å². The highest BCUT2D eigenvalue weighted by atomic mass is 35.5. The maximum atomic E-state index is 12.2. The fourth-order valence-corrected chi connectivity index (χ4v) is 3.66. The van der Waals surface area contributed by atoms with E-state index in [1.54, 1.807) is 31.2 Å². The van der Waals surface area contributed by atoms with Crippen LogP contribution in [0.15, 0.2) is 24.3 Å². The van der Waals surface area contributed by atoms with Crippen LogP contribution in [0.2, 0.25) is 5.02 Å². The maximum absolute atomic E-state index is 12.2. The lowest BCUT2D eigenvalue weighted by molar-refractivity contribution is -0.129. The highest BCUT2D eigenvalue weighted by molar-refractivity contribution is 7.89. The predicted molar refractivity (Wildman–Crippen MR) is 82.4 cm³/mol. The van der Waals surface area contributed by atoms with Crippen molar-refractivity contribution >= 4 is 27.5 Å². The molecule has 0 aliphatic carbocycles. The zero-order chi connectivity index (χ0) is 15.5. The van der Waals surface area contributed by atoms with E-state index in [2.05, 4.69) is 10.0 Å². The Hall–Kier alpha value is -1.11. The molecule has 0 atom stereocenters. The van der Waals surface area contributed by atoms with Crippen molar-refractivity contribution in [3.63, 3.8) is 0 Å². The van der Waals surface area contributed by atoms with Crippen LogP contribution in [0, 0.1) is 5.41 Å². The van der Waals surface area contributed by atoms with Gasteiger partial charge in [-0.05, 0) is 43.6 Å². The summed E-state index contributed by atoms with van der Waals surface area (Å²) in [7, 11) is -3.70. The van der Waals surface area contributed by atoms with Gasteiger partial charge in [0.2, 0.25) is 15.9 Å². The smallest absolute Gasteiger partial charge is 0.239 e. The van der Waals surface area contributed by atoms with Crippen molar-refractivity contribution in [2.75, 3.05) is 13.1 Å². The first-order valence-electron chi connectivity index (χ1n) is 6.81. The minimum absolute atomic E-state index is 0.232. The summed E-state index contributed by atoms with van der Waals surface area (Å²) in [6, 6.07) is 6.53. The van der Waals surface area contributed by atoms with Crippen molar-refractivity contribution in [1.29, 1.82) is 0 Å². The SMILES string of the molecule is CC1(C(=O)NS(=O)(=O)Cc2ccc(Cl)cc2)CCNCC1. The number of benzene rings is 1. The standard InChI is InChI=1S/C14H19ClN2O3S/c1-14(6-8-16-9-7-14)13(18)17-21(19,20)10-11-2-4-12(15)5-3-11/h2-5,16H,6-10H2,1H3,(H,17,18). The molecule has 2 rings (SSSR count). The van der Waals surface area contributed by atoms with Crippen LogP contribution in [0.25, 0.3) is 0 Å². The number of hydrogen-bond acceptors (Lipinski definition) is 4. The van der Waals surface area contributed by atoms with Gasteiger partial charge in [-0.15, -0.1) is 0 Å². The summed E-state index contributed by atoms with van der Waals surface area (Å²) in [5.41, 5.74) is -0.0339. The van der Waals surface area contributed by atoms with E-state index in [9.17, 15) is 13.2 Å². The lowest BCUT2D eigenvalue weighted by Gasteiger charge is -2.32. The van der Waals surface area contributed by atoms with E-state index in [1.807, 2.05) is 0 Å². The molecule has 1 aromatic carbocycles. The molecule has 0 radical (unpaired) electrons. The van der Waals surface area contributed by atoms with Crippen molar-refractivity contribution in [2.45, 2.75) is 25.5 Å². The first-order valence-corrected chi connectivity index (χ1v) is 8.84. The van der Waals surface area contributed by atoms with Crippen molar-refractivity contribution in [3.8, 4) is 0 Å². The number of piperidine rings is 1. The Labute approximate surface area is 130 Å². The van der Waals surface area contributed by atoms with E-state index in [1.165, 1.54) is 0 Å². The van der Waals surface area contributed by atoms with Gasteiger partial charge in [0, 0.05) is 10.4 Å². The second kappa shape index (κ2) is 6.34. The Morgan fingerprint density at radius 1 is 1.29 bits per heavy atom. The first-order chi connectivity index (χ1) is 9.81. The number of carbonyl (C=O) groups excluding carboxylic acids is 1. The predicted octanol–water partition coefficient (Wildman–Crippen LogP) is 1.68. The second-order valence-electron chi connectivity index (χ2n) is 5.63. The van der Waals surface area contributed by atoms with Crippen LogP contribution in [0.1, 0.15) is 25.3 Å². The number of carbonyl (C=O) groups is 1. The summed E-state index contributed by atoms with van der Waals surface area (Å²) in [4.78, 5) is 12.2. The van der Waals surface area contributed by atoms with Crippen LogP contribution in [-0.2, 0) is 20.6 Å². The minimum atomic E-state index is -3.70. The Morgan fingerprint density at radius 3 is 2.43 bits per heavy atom. The first kappa shape index (κ1) is 16.3. The monoisotopic (exact) mass is 330 g/mol. The highest BCUT2D eigenvalue weighted by Gasteiger charge is 2.36. The summed E-state index contributed by atoms with van der Waals surface area (Å²) < 4.78 is 26.4. The molecular formula is C14H19ClN2O3S. The number of rotatable bonds is 4. The Morgan fingerprint density at radius 2 is 1.86 bits per heavy atom. The number of amides is 1. The zero-order valence-electron chi connectivity index (χ0n) is 11.9. The Kier molecular flexibility index (Phi) is 4.91. The van der Waals surface area contributed by atoms with Gasteiger partial charge in [-0.1, -0.05) is 30.7 Å². The largest absolute Gasteiger partial charge is 0.317 e. The van der Waals surface area contributed by atoms with Gasteiger partial charge in [0.25, 0.3) is 0 Å². The van der Waals surface area contributed by atoms with Crippen LogP contribution in [-0.4, -0.2) is 27.4 Å². The quantitative estimate of drug-likeness (QED) is 0.880. The summed E-state index contributed by atoms with van der Waals surface area (Å²) in [6.45, 7) is 3.25. The fourth-order valence-electron chi connectivity index (χ4n) is 2.31. The normalized spacial score (nSPS) is 18.2. The Balaban J connectivity index is 2.03. The van der Waals surface area contributed by atoms with Gasteiger partial charge in [0.15, 0.2) is 0 Å². The third kappa shape index (κ3) is 4.43. The third-order valence-electron chi connectivity index (χ3n) is 3.77. The molecule has 1 aromatic rings. The van der Waals surface area contributed by atoms with Crippen molar-refractivity contribution in [1.82, 2.24) is 10.0 Å². The van der Waals surface area contributed by atoms with E-state index in [0.29, 0.717) is 23.4 Å². The molecule has 21 heavy (non-hydrogen) atoms. The molecule has 1 fully saturated rings. The molecule has 5 nitrogen and oxygen atoms in total. The summed E-state index contributed by atoms with van der Waals surface area (Å²) >= 11 is 5.76. The molecule has 116 valence electrons. The fraction of sp³-hybridized carbons (Fsp3) is 0.500. The van der Waals surface area contributed by atoms with Gasteiger partial charge < -0.3 is 5.32 Å². The van der Waals surface area contributed by atoms with E-state index < -0.39 is 21.3 Å². The molecule has 0 aromatic heterocycles. The van der Waals surface area contributed by atoms with E-state index in [4.69, 9.17) is 11.6 Å². The number of hydrogen-bond donors (Lipinski definition) is 2. The van der Waals surface area contributed by atoms with Gasteiger partial charge >= 0.3 is 0 Å². The van der Waals surface area contributed by atoms with Gasteiger partial charge in [-0.3, -0.25) is 9.52 Å². The van der Waals surface area contributed by atoms with E-state index in [-0.39, 0.29) is 5.75 Å². The van der Waals surface area contributed by atoms with E-state index >= 15 is 0 Å². The Bertz CT molecular complexity index is 608. The summed E-state index contributed by atoms with van der Waals surface area (Å²) in [5, 5.41) is 3.70. The van der Waals surface area contributed by atoms with Crippen LogP contribution in [0.5, 0.6) is 0 Å². The number of sulfonamides is 1. The number of nitrogens with one attached hydrogen (secondary N) is 2. The lowest BCUT2D eigenvalue weighted by atomic mass is 9.80. The van der Waals surface area contributed by atoms with Crippen molar-refractivity contribution in [2.24, 2.45) is 5.41 Å². The molecule has 0 unspecified atom stereocenters. The minimum Gasteiger partial charge on any atom is -0.317 e. The van der Waals surface area contributed by atoms with Gasteiger partial charge in [0.1, 0.15) is 0 Å². The van der Waals surface area contributed by atoms with Crippen LogP contribution < -0.4 is 10.0 Å². The third-order valence-corrected chi connectivity index (χ3v) is 5.24. The number of halogens is 1. The molecule has 1 aliphatic heterocycles. The zero-order valence-corrected chi connectivity index (χ0v) is 13.4. The van der Waals surface area contributed by atoms with Crippen molar-refractivity contribution < 1.29 is 13.2 Å². The molecule has 2 N–H and O–H groups in total. The van der Waals surface area contributed by atoms with Gasteiger partial charge in [-0.25, -0.2) is 8.42 Å². The molecule has 1 aliphatic rings. The molecule has 0 bridgehead atoms. The van der Waals surface area contributed by atoms with Crippen LogP contribution >= 0.6 is 11.6 Å². The highest BCUT2D eigenvalue weighted by Crippen LogP contribution is 2.28. The maximum Gasteiger partial charge on any atom is 0.239 e. The van der Waals surface area contributed by atoms with Crippen LogP contribution in [0.4, 0.5) is 0 Å². The van der Waals surface area contributed by atoms with Gasteiger partial charge in [-0.2, -0.15) is 0 Å². The molecule has 1 amide bonds. The topological polar surface area (TPSA) is 75.3 Å². The molecule has 7 heteroatoms. The summed E-state index contributed by atoms with van der Waals surface area (Å²) in [5.74, 6) is -0.650. The molecule has 0 spiro atoms. The molecule has 1 heterocycles. The molecule has 0 saturated carbocycles. The average Bonchev–Trinajstić information content (AvgIpc) is 2.41. The van der Waals surface area contributed by atoms with Gasteiger partial charge in [0.05, 0.1) is 5.75 Å². The average molecular weight is 331 g/mol.